The standard InChI is InChI=1S/C24H24N2O2/c1-3-22(27)26-21-16-20(15-14-17(21)2)25-24(28)23(18-10-6-4-7-11-18)19-12-8-5-9-13-19/h4-16,23H,3H2,1-2H3,(H,25,28)(H,26,27). The molecule has 2 amide bonds. The largest absolute Gasteiger partial charge is 0.326 e. The quantitative estimate of drug-likeness (QED) is 0.631. The van der Waals surface area contributed by atoms with Crippen LogP contribution in [0.25, 0.3) is 0 Å². The second-order valence-corrected chi connectivity index (χ2v) is 6.68. The zero-order valence-corrected chi connectivity index (χ0v) is 16.1. The van der Waals surface area contributed by atoms with Crippen molar-refractivity contribution in [2.45, 2.75) is 26.2 Å². The fraction of sp³-hybridized carbons (Fsp3) is 0.167. The van der Waals surface area contributed by atoms with Crippen LogP contribution in [0.1, 0.15) is 36.0 Å². The van der Waals surface area contributed by atoms with Crippen LogP contribution < -0.4 is 10.6 Å². The van der Waals surface area contributed by atoms with Gasteiger partial charge in [0.25, 0.3) is 0 Å². The molecule has 0 spiro atoms. The van der Waals surface area contributed by atoms with Crippen LogP contribution in [0.2, 0.25) is 0 Å². The van der Waals surface area contributed by atoms with Crippen LogP contribution in [-0.2, 0) is 9.59 Å². The van der Waals surface area contributed by atoms with E-state index in [1.165, 1.54) is 0 Å². The molecule has 3 aromatic rings. The normalized spacial score (nSPS) is 10.5. The number of amides is 2. The lowest BCUT2D eigenvalue weighted by Crippen LogP contribution is -2.22. The first kappa shape index (κ1) is 19.4. The van der Waals surface area contributed by atoms with Crippen LogP contribution in [0.15, 0.2) is 78.9 Å². The Hall–Kier alpha value is -3.40. The first-order valence-corrected chi connectivity index (χ1v) is 9.39. The first-order valence-electron chi connectivity index (χ1n) is 9.39. The molecule has 2 N–H and O–H groups in total. The van der Waals surface area contributed by atoms with Gasteiger partial charge in [-0.1, -0.05) is 73.7 Å². The van der Waals surface area contributed by atoms with E-state index in [0.717, 1.165) is 16.7 Å². The highest BCUT2D eigenvalue weighted by atomic mass is 16.2. The summed E-state index contributed by atoms with van der Waals surface area (Å²) in [5.74, 6) is -0.593. The molecular formula is C24H24N2O2. The minimum atomic E-state index is -0.419. The molecule has 0 aliphatic heterocycles. The molecule has 3 aromatic carbocycles. The highest BCUT2D eigenvalue weighted by Crippen LogP contribution is 2.27. The summed E-state index contributed by atoms with van der Waals surface area (Å²) in [5, 5.41) is 5.88. The average molecular weight is 372 g/mol. The zero-order valence-electron chi connectivity index (χ0n) is 16.1. The van der Waals surface area contributed by atoms with E-state index in [9.17, 15) is 9.59 Å². The van der Waals surface area contributed by atoms with Crippen molar-refractivity contribution in [2.24, 2.45) is 0 Å². The summed E-state index contributed by atoms with van der Waals surface area (Å²) in [7, 11) is 0. The monoisotopic (exact) mass is 372 g/mol. The van der Waals surface area contributed by atoms with Crippen molar-refractivity contribution in [2.75, 3.05) is 10.6 Å². The number of benzene rings is 3. The number of carbonyl (C=O) groups is 2. The fourth-order valence-corrected chi connectivity index (χ4v) is 3.07. The highest BCUT2D eigenvalue weighted by Gasteiger charge is 2.22. The number of hydrogen-bond donors (Lipinski definition) is 2. The number of carbonyl (C=O) groups excluding carboxylic acids is 2. The summed E-state index contributed by atoms with van der Waals surface area (Å²) in [6, 6.07) is 25.0. The molecule has 0 saturated carbocycles. The summed E-state index contributed by atoms with van der Waals surface area (Å²) >= 11 is 0. The maximum absolute atomic E-state index is 13.2. The third kappa shape index (κ3) is 4.65. The maximum Gasteiger partial charge on any atom is 0.236 e. The van der Waals surface area contributed by atoms with Crippen molar-refractivity contribution < 1.29 is 9.59 Å². The minimum absolute atomic E-state index is 0.0574. The SMILES string of the molecule is CCC(=O)Nc1cc(NC(=O)C(c2ccccc2)c2ccccc2)ccc1C. The van der Waals surface area contributed by atoms with Crippen molar-refractivity contribution in [1.82, 2.24) is 0 Å². The molecule has 0 heterocycles. The minimum Gasteiger partial charge on any atom is -0.326 e. The number of rotatable bonds is 6. The number of anilines is 2. The lowest BCUT2D eigenvalue weighted by atomic mass is 9.90. The molecule has 4 heteroatoms. The smallest absolute Gasteiger partial charge is 0.236 e. The third-order valence-corrected chi connectivity index (χ3v) is 4.63. The molecule has 3 rings (SSSR count). The zero-order chi connectivity index (χ0) is 19.9. The second-order valence-electron chi connectivity index (χ2n) is 6.68. The van der Waals surface area contributed by atoms with Gasteiger partial charge in [-0.05, 0) is 35.7 Å². The van der Waals surface area contributed by atoms with Gasteiger partial charge in [0.1, 0.15) is 0 Å². The van der Waals surface area contributed by atoms with Crippen LogP contribution in [0.5, 0.6) is 0 Å². The molecule has 0 bridgehead atoms. The third-order valence-electron chi connectivity index (χ3n) is 4.63. The number of aryl methyl sites for hydroxylation is 1. The van der Waals surface area contributed by atoms with Crippen LogP contribution in [0.4, 0.5) is 11.4 Å². The summed E-state index contributed by atoms with van der Waals surface area (Å²) in [5.41, 5.74) is 4.16. The van der Waals surface area contributed by atoms with E-state index >= 15 is 0 Å². The van der Waals surface area contributed by atoms with Crippen molar-refractivity contribution in [3.8, 4) is 0 Å². The highest BCUT2D eigenvalue weighted by molar-refractivity contribution is 5.99. The average Bonchev–Trinajstić information content (AvgIpc) is 2.72. The molecule has 0 radical (unpaired) electrons. The summed E-state index contributed by atoms with van der Waals surface area (Å²) in [4.78, 5) is 24.9. The van der Waals surface area contributed by atoms with Gasteiger partial charge in [-0.3, -0.25) is 9.59 Å². The predicted octanol–water partition coefficient (Wildman–Crippen LogP) is 5.11. The second kappa shape index (κ2) is 9.00. The van der Waals surface area contributed by atoms with Gasteiger partial charge in [-0.15, -0.1) is 0 Å². The van der Waals surface area contributed by atoms with Gasteiger partial charge in [-0.2, -0.15) is 0 Å². The van der Waals surface area contributed by atoms with Crippen molar-refractivity contribution >= 4 is 23.2 Å². The van der Waals surface area contributed by atoms with E-state index in [1.807, 2.05) is 79.7 Å². The Balaban J connectivity index is 1.89. The Morgan fingerprint density at radius 1 is 0.821 bits per heavy atom. The van der Waals surface area contributed by atoms with Crippen LogP contribution in [0.3, 0.4) is 0 Å². The Bertz CT molecular complexity index is 913. The van der Waals surface area contributed by atoms with E-state index in [-0.39, 0.29) is 11.8 Å². The molecule has 142 valence electrons. The molecule has 0 saturated heterocycles. The number of nitrogens with one attached hydrogen (secondary N) is 2. The van der Waals surface area contributed by atoms with Crippen molar-refractivity contribution in [1.29, 1.82) is 0 Å². The van der Waals surface area contributed by atoms with E-state index in [2.05, 4.69) is 10.6 Å². The Morgan fingerprint density at radius 2 is 1.39 bits per heavy atom. The van der Waals surface area contributed by atoms with E-state index in [1.54, 1.807) is 13.0 Å². The van der Waals surface area contributed by atoms with Gasteiger partial charge in [0.05, 0.1) is 5.92 Å². The fourth-order valence-electron chi connectivity index (χ4n) is 3.07. The molecule has 0 aromatic heterocycles. The lowest BCUT2D eigenvalue weighted by Gasteiger charge is -2.18. The molecule has 0 atom stereocenters. The van der Waals surface area contributed by atoms with Crippen molar-refractivity contribution in [3.63, 3.8) is 0 Å². The molecule has 4 nitrogen and oxygen atoms in total. The van der Waals surface area contributed by atoms with Crippen LogP contribution in [-0.4, -0.2) is 11.8 Å². The van der Waals surface area contributed by atoms with Gasteiger partial charge in [0.15, 0.2) is 0 Å². The van der Waals surface area contributed by atoms with Gasteiger partial charge in [0, 0.05) is 17.8 Å². The van der Waals surface area contributed by atoms with Gasteiger partial charge in [0.2, 0.25) is 11.8 Å². The Kier molecular flexibility index (Phi) is 6.22. The summed E-state index contributed by atoms with van der Waals surface area (Å²) in [6.45, 7) is 3.73. The number of hydrogen-bond acceptors (Lipinski definition) is 2. The van der Waals surface area contributed by atoms with Gasteiger partial charge >= 0.3 is 0 Å². The van der Waals surface area contributed by atoms with Crippen LogP contribution in [0, 0.1) is 6.92 Å². The van der Waals surface area contributed by atoms with E-state index < -0.39 is 5.92 Å². The predicted molar refractivity (Wildman–Crippen MR) is 113 cm³/mol. The molecular weight excluding hydrogens is 348 g/mol. The van der Waals surface area contributed by atoms with Crippen molar-refractivity contribution in [3.05, 3.63) is 95.6 Å². The summed E-state index contributed by atoms with van der Waals surface area (Å²) in [6.07, 6.45) is 0.403. The first-order chi connectivity index (χ1) is 13.6. The molecule has 28 heavy (non-hydrogen) atoms. The maximum atomic E-state index is 13.2. The van der Waals surface area contributed by atoms with Crippen LogP contribution >= 0.6 is 0 Å². The Morgan fingerprint density at radius 3 is 1.93 bits per heavy atom. The van der Waals surface area contributed by atoms with E-state index in [4.69, 9.17) is 0 Å². The lowest BCUT2D eigenvalue weighted by molar-refractivity contribution is -0.117. The topological polar surface area (TPSA) is 58.2 Å². The molecule has 0 unspecified atom stereocenters. The molecule has 0 aliphatic carbocycles. The van der Waals surface area contributed by atoms with E-state index in [0.29, 0.717) is 17.8 Å². The molecule has 0 aliphatic rings. The van der Waals surface area contributed by atoms with Gasteiger partial charge in [-0.25, -0.2) is 0 Å². The Labute approximate surface area is 165 Å². The van der Waals surface area contributed by atoms with Gasteiger partial charge < -0.3 is 10.6 Å². The summed E-state index contributed by atoms with van der Waals surface area (Å²) < 4.78 is 0. The molecule has 0 fully saturated rings.